The number of fused-ring (bicyclic) bond motifs is 1. The maximum absolute atomic E-state index is 12.0. The number of piperazine rings is 1. The van der Waals surface area contributed by atoms with Crippen molar-refractivity contribution in [2.75, 3.05) is 26.2 Å². The van der Waals surface area contributed by atoms with Crippen LogP contribution in [0.25, 0.3) is 10.8 Å². The molecule has 1 aliphatic rings. The van der Waals surface area contributed by atoms with Crippen LogP contribution in [0.4, 0.5) is 0 Å². The van der Waals surface area contributed by atoms with Crippen LogP contribution in [0.5, 0.6) is 0 Å². The lowest BCUT2D eigenvalue weighted by Gasteiger charge is -2.34. The van der Waals surface area contributed by atoms with Gasteiger partial charge in [0.25, 0.3) is 0 Å². The summed E-state index contributed by atoms with van der Waals surface area (Å²) < 4.78 is 2.37. The van der Waals surface area contributed by atoms with E-state index in [0.29, 0.717) is 0 Å². The zero-order chi connectivity index (χ0) is 17.5. The highest BCUT2D eigenvalue weighted by molar-refractivity contribution is 7.97. The molecule has 2 aromatic carbocycles. The summed E-state index contributed by atoms with van der Waals surface area (Å²) in [5.41, 5.74) is 0. The lowest BCUT2D eigenvalue weighted by molar-refractivity contribution is -0.135. The molecule has 0 unspecified atom stereocenters. The Labute approximate surface area is 150 Å². The summed E-state index contributed by atoms with van der Waals surface area (Å²) in [7, 11) is 0. The van der Waals surface area contributed by atoms with E-state index in [9.17, 15) is 4.79 Å². The minimum atomic E-state index is 0.0947. The number of amides is 1. The van der Waals surface area contributed by atoms with E-state index in [2.05, 4.69) is 46.8 Å². The Morgan fingerprint density at radius 1 is 0.958 bits per heavy atom. The van der Waals surface area contributed by atoms with E-state index in [4.69, 9.17) is 0 Å². The van der Waals surface area contributed by atoms with Crippen molar-refractivity contribution < 1.29 is 4.79 Å². The maximum Gasteiger partial charge on any atom is 0.225 e. The second-order valence-corrected chi connectivity index (χ2v) is 7.12. The average molecular weight is 345 g/mol. The Hall–Kier alpha value is -1.52. The third kappa shape index (κ3) is 4.52. The highest BCUT2D eigenvalue weighted by atomic mass is 32.2. The monoisotopic (exact) mass is 344 g/mol. The van der Waals surface area contributed by atoms with Crippen molar-refractivity contribution in [1.82, 2.24) is 9.21 Å². The van der Waals surface area contributed by atoms with Gasteiger partial charge in [-0.05, 0) is 28.8 Å². The smallest absolute Gasteiger partial charge is 0.225 e. The Kier molecular flexibility index (Phi) is 7.13. The first-order valence-corrected chi connectivity index (χ1v) is 9.62. The van der Waals surface area contributed by atoms with E-state index >= 15 is 0 Å². The fourth-order valence-electron chi connectivity index (χ4n) is 2.78. The van der Waals surface area contributed by atoms with Crippen LogP contribution in [0, 0.1) is 5.92 Å². The summed E-state index contributed by atoms with van der Waals surface area (Å²) in [6.07, 6.45) is 0. The molecule has 0 spiro atoms. The van der Waals surface area contributed by atoms with Crippen molar-refractivity contribution in [3.8, 4) is 0 Å². The highest BCUT2D eigenvalue weighted by Gasteiger charge is 2.23. The molecule has 3 rings (SSSR count). The SMILES string of the molecule is CC.CC(C)C(=O)N1CCN(Sc2cccc3ccccc23)CC1. The fraction of sp³-hybridized carbons (Fsp3) is 0.450. The third-order valence-electron chi connectivity index (χ3n) is 4.02. The van der Waals surface area contributed by atoms with Crippen LogP contribution in [0.3, 0.4) is 0 Å². The van der Waals surface area contributed by atoms with Crippen molar-refractivity contribution in [3.63, 3.8) is 0 Å². The fourth-order valence-corrected chi connectivity index (χ4v) is 3.83. The Balaban J connectivity index is 0.00000100. The molecule has 0 bridgehead atoms. The van der Waals surface area contributed by atoms with E-state index in [-0.39, 0.29) is 11.8 Å². The summed E-state index contributed by atoms with van der Waals surface area (Å²) >= 11 is 1.81. The van der Waals surface area contributed by atoms with Crippen LogP contribution >= 0.6 is 11.9 Å². The summed E-state index contributed by atoms with van der Waals surface area (Å²) in [5, 5.41) is 2.58. The first-order valence-electron chi connectivity index (χ1n) is 8.84. The molecule has 0 saturated carbocycles. The molecule has 130 valence electrons. The summed E-state index contributed by atoms with van der Waals surface area (Å²) in [4.78, 5) is 15.3. The highest BCUT2D eigenvalue weighted by Crippen LogP contribution is 2.30. The van der Waals surface area contributed by atoms with Gasteiger partial charge in [-0.15, -0.1) is 0 Å². The molecule has 24 heavy (non-hydrogen) atoms. The number of benzene rings is 2. The number of carbonyl (C=O) groups is 1. The van der Waals surface area contributed by atoms with Crippen LogP contribution in [-0.2, 0) is 4.79 Å². The number of carbonyl (C=O) groups excluding carboxylic acids is 1. The van der Waals surface area contributed by atoms with Gasteiger partial charge in [0.1, 0.15) is 0 Å². The topological polar surface area (TPSA) is 23.6 Å². The third-order valence-corrected chi connectivity index (χ3v) is 5.20. The number of hydrogen-bond acceptors (Lipinski definition) is 3. The summed E-state index contributed by atoms with van der Waals surface area (Å²) in [5.74, 6) is 0.368. The second kappa shape index (κ2) is 9.09. The molecule has 0 radical (unpaired) electrons. The molecule has 1 aliphatic heterocycles. The van der Waals surface area contributed by atoms with Crippen LogP contribution in [-0.4, -0.2) is 41.3 Å². The molecule has 0 N–H and O–H groups in total. The molecule has 0 aromatic heterocycles. The molecule has 0 atom stereocenters. The second-order valence-electron chi connectivity index (χ2n) is 5.98. The van der Waals surface area contributed by atoms with Crippen molar-refractivity contribution in [1.29, 1.82) is 0 Å². The predicted molar refractivity (Wildman–Crippen MR) is 104 cm³/mol. The number of nitrogens with zero attached hydrogens (tertiary/aromatic N) is 2. The Bertz CT molecular complexity index is 658. The first-order chi connectivity index (χ1) is 11.6. The molecule has 4 heteroatoms. The van der Waals surface area contributed by atoms with Gasteiger partial charge in [-0.1, -0.05) is 64.1 Å². The first kappa shape index (κ1) is 18.8. The van der Waals surface area contributed by atoms with Crippen LogP contribution in [0.2, 0.25) is 0 Å². The van der Waals surface area contributed by atoms with Gasteiger partial charge in [0, 0.05) is 37.0 Å². The molecular formula is C20H28N2OS. The van der Waals surface area contributed by atoms with Crippen LogP contribution < -0.4 is 0 Å². The van der Waals surface area contributed by atoms with E-state index in [1.54, 1.807) is 0 Å². The van der Waals surface area contributed by atoms with Crippen molar-refractivity contribution in [2.24, 2.45) is 5.92 Å². The molecule has 1 amide bonds. The van der Waals surface area contributed by atoms with Gasteiger partial charge in [-0.3, -0.25) is 4.79 Å². The Morgan fingerprint density at radius 3 is 2.25 bits per heavy atom. The van der Waals surface area contributed by atoms with Gasteiger partial charge >= 0.3 is 0 Å². The molecule has 1 fully saturated rings. The molecule has 1 saturated heterocycles. The van der Waals surface area contributed by atoms with Crippen molar-refractivity contribution in [3.05, 3.63) is 42.5 Å². The quantitative estimate of drug-likeness (QED) is 0.756. The van der Waals surface area contributed by atoms with Crippen molar-refractivity contribution >= 4 is 28.6 Å². The van der Waals surface area contributed by atoms with E-state index in [1.165, 1.54) is 15.7 Å². The van der Waals surface area contributed by atoms with Gasteiger partial charge in [-0.2, -0.15) is 0 Å². The lowest BCUT2D eigenvalue weighted by atomic mass is 10.1. The van der Waals surface area contributed by atoms with Gasteiger partial charge < -0.3 is 4.90 Å². The van der Waals surface area contributed by atoms with Gasteiger partial charge in [0.2, 0.25) is 5.91 Å². The largest absolute Gasteiger partial charge is 0.340 e. The summed E-state index contributed by atoms with van der Waals surface area (Å²) in [6.45, 7) is 11.4. The standard InChI is InChI=1S/C18H22N2OS.C2H6/c1-14(2)18(21)19-10-12-20(13-11-19)22-17-9-5-7-15-6-3-4-8-16(15)17;1-2/h3-9,14H,10-13H2,1-2H3;1-2H3. The van der Waals surface area contributed by atoms with Gasteiger partial charge in [-0.25, -0.2) is 4.31 Å². The number of rotatable bonds is 3. The molecular weight excluding hydrogens is 316 g/mol. The predicted octanol–water partition coefficient (Wildman–Crippen LogP) is 4.67. The molecule has 0 aliphatic carbocycles. The molecule has 2 aromatic rings. The Morgan fingerprint density at radius 2 is 1.58 bits per heavy atom. The van der Waals surface area contributed by atoms with Gasteiger partial charge in [0.05, 0.1) is 0 Å². The zero-order valence-corrected chi connectivity index (χ0v) is 16.0. The number of hydrogen-bond donors (Lipinski definition) is 0. The van der Waals surface area contributed by atoms with Gasteiger partial charge in [0.15, 0.2) is 0 Å². The molecule has 3 nitrogen and oxygen atoms in total. The lowest BCUT2D eigenvalue weighted by Crippen LogP contribution is -2.47. The zero-order valence-electron chi connectivity index (χ0n) is 15.2. The van der Waals surface area contributed by atoms with E-state index in [0.717, 1.165) is 26.2 Å². The van der Waals surface area contributed by atoms with E-state index in [1.807, 2.05) is 44.5 Å². The minimum Gasteiger partial charge on any atom is -0.340 e. The minimum absolute atomic E-state index is 0.0947. The molecule has 1 heterocycles. The van der Waals surface area contributed by atoms with Crippen LogP contribution in [0.1, 0.15) is 27.7 Å². The normalized spacial score (nSPS) is 15.3. The van der Waals surface area contributed by atoms with Crippen molar-refractivity contribution in [2.45, 2.75) is 32.6 Å². The van der Waals surface area contributed by atoms with Crippen LogP contribution in [0.15, 0.2) is 47.4 Å². The average Bonchev–Trinajstić information content (AvgIpc) is 2.64. The maximum atomic E-state index is 12.0. The van der Waals surface area contributed by atoms with E-state index < -0.39 is 0 Å². The summed E-state index contributed by atoms with van der Waals surface area (Å²) in [6, 6.07) is 14.9.